The van der Waals surface area contributed by atoms with Crippen LogP contribution in [-0.2, 0) is 6.54 Å². The zero-order valence-corrected chi connectivity index (χ0v) is 11.8. The van der Waals surface area contributed by atoms with Crippen LogP contribution in [0.5, 0.6) is 5.75 Å². The highest BCUT2D eigenvalue weighted by atomic mass is 19.1. The second kappa shape index (κ2) is 6.87. The van der Waals surface area contributed by atoms with E-state index in [2.05, 4.69) is 17.3 Å². The lowest BCUT2D eigenvalue weighted by Gasteiger charge is -2.28. The first-order chi connectivity index (χ1) is 9.19. The van der Waals surface area contributed by atoms with Crippen LogP contribution < -0.4 is 10.1 Å². The Labute approximate surface area is 114 Å². The van der Waals surface area contributed by atoms with Gasteiger partial charge in [0.1, 0.15) is 11.6 Å². The first-order valence-corrected chi connectivity index (χ1v) is 6.93. The molecule has 1 heterocycles. The lowest BCUT2D eigenvalue weighted by atomic mass is 10.0. The Balaban J connectivity index is 1.93. The van der Waals surface area contributed by atoms with E-state index in [0.29, 0.717) is 12.6 Å². The van der Waals surface area contributed by atoms with Gasteiger partial charge in [0.05, 0.1) is 7.11 Å². The smallest absolute Gasteiger partial charge is 0.123 e. The molecule has 4 heteroatoms. The third kappa shape index (κ3) is 4.18. The van der Waals surface area contributed by atoms with Gasteiger partial charge in [-0.15, -0.1) is 0 Å². The summed E-state index contributed by atoms with van der Waals surface area (Å²) in [6.45, 7) is 2.81. The molecule has 19 heavy (non-hydrogen) atoms. The average molecular weight is 266 g/mol. The van der Waals surface area contributed by atoms with Gasteiger partial charge in [-0.1, -0.05) is 6.42 Å². The number of ether oxygens (including phenoxy) is 1. The molecule has 0 spiro atoms. The topological polar surface area (TPSA) is 24.5 Å². The largest absolute Gasteiger partial charge is 0.496 e. The number of nitrogens with zero attached hydrogens (tertiary/aromatic N) is 1. The predicted octanol–water partition coefficient (Wildman–Crippen LogP) is 2.41. The molecule has 3 nitrogen and oxygen atoms in total. The van der Waals surface area contributed by atoms with Crippen LogP contribution in [0, 0.1) is 5.82 Å². The van der Waals surface area contributed by atoms with Gasteiger partial charge in [-0.2, -0.15) is 0 Å². The van der Waals surface area contributed by atoms with Crippen molar-refractivity contribution in [3.63, 3.8) is 0 Å². The fraction of sp³-hybridized carbons (Fsp3) is 0.600. The molecule has 1 aliphatic rings. The van der Waals surface area contributed by atoms with Crippen LogP contribution in [-0.4, -0.2) is 38.2 Å². The summed E-state index contributed by atoms with van der Waals surface area (Å²) in [5.41, 5.74) is 0.904. The van der Waals surface area contributed by atoms with Crippen molar-refractivity contribution in [3.05, 3.63) is 29.6 Å². The molecule has 0 aromatic heterocycles. The van der Waals surface area contributed by atoms with Crippen LogP contribution in [0.25, 0.3) is 0 Å². The Morgan fingerprint density at radius 3 is 2.95 bits per heavy atom. The Morgan fingerprint density at radius 1 is 1.42 bits per heavy atom. The highest BCUT2D eigenvalue weighted by molar-refractivity contribution is 5.33. The number of methoxy groups -OCH3 is 1. The van der Waals surface area contributed by atoms with Crippen molar-refractivity contribution in [1.82, 2.24) is 10.2 Å². The average Bonchev–Trinajstić information content (AvgIpc) is 2.40. The van der Waals surface area contributed by atoms with Crippen LogP contribution >= 0.6 is 0 Å². The van der Waals surface area contributed by atoms with Crippen molar-refractivity contribution in [2.75, 3.05) is 27.2 Å². The lowest BCUT2D eigenvalue weighted by Crippen LogP contribution is -2.42. The van der Waals surface area contributed by atoms with Gasteiger partial charge in [0, 0.05) is 24.7 Å². The number of likely N-dealkylation sites (N-methyl/N-ethyl adjacent to an activating group) is 1. The summed E-state index contributed by atoms with van der Waals surface area (Å²) in [5, 5.41) is 3.53. The number of rotatable bonds is 5. The van der Waals surface area contributed by atoms with Crippen LogP contribution in [0.2, 0.25) is 0 Å². The van der Waals surface area contributed by atoms with E-state index >= 15 is 0 Å². The monoisotopic (exact) mass is 266 g/mol. The van der Waals surface area contributed by atoms with E-state index in [1.54, 1.807) is 19.2 Å². The normalized spacial score (nSPS) is 19.7. The molecular formula is C15H23FN2O. The summed E-state index contributed by atoms with van der Waals surface area (Å²) in [6, 6.07) is 5.24. The first-order valence-electron chi connectivity index (χ1n) is 6.93. The van der Waals surface area contributed by atoms with Gasteiger partial charge >= 0.3 is 0 Å². The van der Waals surface area contributed by atoms with Crippen molar-refractivity contribution in [1.29, 1.82) is 0 Å². The molecular weight excluding hydrogens is 243 g/mol. The Morgan fingerprint density at radius 2 is 2.26 bits per heavy atom. The van der Waals surface area contributed by atoms with Crippen LogP contribution in [0.3, 0.4) is 0 Å². The molecule has 0 amide bonds. The maximum Gasteiger partial charge on any atom is 0.123 e. The molecule has 1 unspecified atom stereocenters. The van der Waals surface area contributed by atoms with Crippen LogP contribution in [0.4, 0.5) is 4.39 Å². The van der Waals surface area contributed by atoms with E-state index in [4.69, 9.17) is 4.74 Å². The van der Waals surface area contributed by atoms with Crippen LogP contribution in [0.1, 0.15) is 24.8 Å². The summed E-state index contributed by atoms with van der Waals surface area (Å²) >= 11 is 0. The second-order valence-electron chi connectivity index (χ2n) is 5.30. The zero-order chi connectivity index (χ0) is 13.7. The van der Waals surface area contributed by atoms with Gasteiger partial charge in [-0.05, 0) is 44.6 Å². The molecule has 1 aromatic carbocycles. The highest BCUT2D eigenvalue weighted by Gasteiger charge is 2.15. The van der Waals surface area contributed by atoms with Crippen LogP contribution in [0.15, 0.2) is 18.2 Å². The molecule has 106 valence electrons. The molecule has 1 aromatic rings. The molecule has 1 saturated heterocycles. The maximum absolute atomic E-state index is 13.3. The maximum atomic E-state index is 13.3. The molecule has 2 rings (SSSR count). The van der Waals surface area contributed by atoms with E-state index in [0.717, 1.165) is 24.4 Å². The third-order valence-electron chi connectivity index (χ3n) is 3.63. The molecule has 0 saturated carbocycles. The molecule has 1 N–H and O–H groups in total. The molecule has 0 bridgehead atoms. The summed E-state index contributed by atoms with van der Waals surface area (Å²) in [7, 11) is 3.69. The zero-order valence-electron chi connectivity index (χ0n) is 11.8. The Bertz CT molecular complexity index is 405. The van der Waals surface area contributed by atoms with Gasteiger partial charge in [0.2, 0.25) is 0 Å². The van der Waals surface area contributed by atoms with Crippen molar-refractivity contribution in [3.8, 4) is 5.75 Å². The Kier molecular flexibility index (Phi) is 5.16. The van der Waals surface area contributed by atoms with Gasteiger partial charge < -0.3 is 15.0 Å². The minimum absolute atomic E-state index is 0.208. The van der Waals surface area contributed by atoms with E-state index in [-0.39, 0.29) is 5.82 Å². The summed E-state index contributed by atoms with van der Waals surface area (Å²) in [4.78, 5) is 2.22. The fourth-order valence-corrected chi connectivity index (χ4v) is 2.68. The lowest BCUT2D eigenvalue weighted by molar-refractivity contribution is 0.253. The second-order valence-corrected chi connectivity index (χ2v) is 5.30. The third-order valence-corrected chi connectivity index (χ3v) is 3.63. The van der Waals surface area contributed by atoms with E-state index < -0.39 is 0 Å². The number of piperidine rings is 1. The minimum Gasteiger partial charge on any atom is -0.496 e. The van der Waals surface area contributed by atoms with Crippen molar-refractivity contribution in [2.24, 2.45) is 0 Å². The van der Waals surface area contributed by atoms with Gasteiger partial charge in [0.25, 0.3) is 0 Å². The minimum atomic E-state index is -0.208. The molecule has 1 atom stereocenters. The van der Waals surface area contributed by atoms with Gasteiger partial charge in [0.15, 0.2) is 0 Å². The summed E-state index contributed by atoms with van der Waals surface area (Å²) in [6.07, 6.45) is 3.80. The Hall–Kier alpha value is -1.13. The number of hydrogen-bond acceptors (Lipinski definition) is 3. The number of benzene rings is 1. The van der Waals surface area contributed by atoms with E-state index in [1.165, 1.54) is 25.3 Å². The van der Waals surface area contributed by atoms with Gasteiger partial charge in [-0.3, -0.25) is 0 Å². The molecule has 0 aliphatic carbocycles. The number of nitrogens with one attached hydrogen (secondary N) is 1. The highest BCUT2D eigenvalue weighted by Crippen LogP contribution is 2.21. The van der Waals surface area contributed by atoms with E-state index in [1.807, 2.05) is 0 Å². The van der Waals surface area contributed by atoms with Gasteiger partial charge in [-0.25, -0.2) is 4.39 Å². The SMILES string of the molecule is COc1ccc(F)cc1CN(C)CC1CCCCN1. The fourth-order valence-electron chi connectivity index (χ4n) is 2.68. The molecule has 1 aliphatic heterocycles. The van der Waals surface area contributed by atoms with Crippen molar-refractivity contribution < 1.29 is 9.13 Å². The van der Waals surface area contributed by atoms with Crippen molar-refractivity contribution in [2.45, 2.75) is 31.8 Å². The van der Waals surface area contributed by atoms with Crippen molar-refractivity contribution >= 4 is 0 Å². The molecule has 1 fully saturated rings. The molecule has 0 radical (unpaired) electrons. The summed E-state index contributed by atoms with van der Waals surface area (Å²) in [5.74, 6) is 0.546. The quantitative estimate of drug-likeness (QED) is 0.885. The van der Waals surface area contributed by atoms with E-state index in [9.17, 15) is 4.39 Å². The summed E-state index contributed by atoms with van der Waals surface area (Å²) < 4.78 is 18.6. The standard InChI is InChI=1S/C15H23FN2O/c1-18(11-14-5-3-4-8-17-14)10-12-9-13(16)6-7-15(12)19-2/h6-7,9,14,17H,3-5,8,10-11H2,1-2H3. The predicted molar refractivity (Wildman–Crippen MR) is 74.9 cm³/mol. The first kappa shape index (κ1) is 14.3. The number of halogens is 1. The number of hydrogen-bond donors (Lipinski definition) is 1.